The molecule has 0 aliphatic rings. The molecule has 0 aliphatic carbocycles. The molecule has 0 amide bonds. The second kappa shape index (κ2) is 5.51. The second-order valence-electron chi connectivity index (χ2n) is 2.98. The van der Waals surface area contributed by atoms with Crippen molar-refractivity contribution < 1.29 is 13.9 Å². The topological polar surface area (TPSA) is 52.3 Å². The molecular formula is C11H11ClFNO2. The van der Waals surface area contributed by atoms with Gasteiger partial charge in [0.25, 0.3) is 0 Å². The molecule has 0 saturated heterocycles. The van der Waals surface area contributed by atoms with Crippen LogP contribution in [0.2, 0.25) is 5.02 Å². The SMILES string of the molecule is CCOC(=O)C=Cc1cc(F)cc(Cl)c1N. The number of hydrogen-bond donors (Lipinski definition) is 1. The van der Waals surface area contributed by atoms with Crippen LogP contribution in [0.15, 0.2) is 18.2 Å². The van der Waals surface area contributed by atoms with E-state index in [0.717, 1.165) is 6.07 Å². The third-order valence-corrected chi connectivity index (χ3v) is 2.12. The fraction of sp³-hybridized carbons (Fsp3) is 0.182. The Labute approximate surface area is 97.7 Å². The van der Waals surface area contributed by atoms with Crippen LogP contribution in [0.5, 0.6) is 0 Å². The average molecular weight is 244 g/mol. The van der Waals surface area contributed by atoms with Crippen molar-refractivity contribution in [1.82, 2.24) is 0 Å². The number of halogens is 2. The Bertz CT molecular complexity index is 432. The molecule has 1 aromatic rings. The average Bonchev–Trinajstić information content (AvgIpc) is 2.21. The number of hydrogen-bond acceptors (Lipinski definition) is 3. The van der Waals surface area contributed by atoms with Crippen LogP contribution >= 0.6 is 11.6 Å². The highest BCUT2D eigenvalue weighted by Crippen LogP contribution is 2.25. The van der Waals surface area contributed by atoms with Crippen LogP contribution in [0.3, 0.4) is 0 Å². The number of carbonyl (C=O) groups is 1. The minimum atomic E-state index is -0.512. The van der Waals surface area contributed by atoms with E-state index in [4.69, 9.17) is 17.3 Å². The molecule has 0 unspecified atom stereocenters. The first-order valence-corrected chi connectivity index (χ1v) is 5.01. The molecule has 0 bridgehead atoms. The smallest absolute Gasteiger partial charge is 0.330 e. The maximum Gasteiger partial charge on any atom is 0.330 e. The van der Waals surface area contributed by atoms with Crippen LogP contribution in [-0.2, 0) is 9.53 Å². The van der Waals surface area contributed by atoms with Crippen LogP contribution in [0.4, 0.5) is 10.1 Å². The van der Waals surface area contributed by atoms with E-state index in [1.807, 2.05) is 0 Å². The van der Waals surface area contributed by atoms with E-state index in [1.54, 1.807) is 6.92 Å². The van der Waals surface area contributed by atoms with Crippen LogP contribution in [0.25, 0.3) is 6.08 Å². The van der Waals surface area contributed by atoms with Crippen molar-refractivity contribution in [3.63, 3.8) is 0 Å². The van der Waals surface area contributed by atoms with E-state index in [2.05, 4.69) is 4.74 Å². The van der Waals surface area contributed by atoms with Gasteiger partial charge < -0.3 is 10.5 Å². The maximum absolute atomic E-state index is 13.0. The van der Waals surface area contributed by atoms with E-state index in [1.165, 1.54) is 18.2 Å². The predicted octanol–water partition coefficient (Wildman–Crippen LogP) is 2.64. The zero-order valence-corrected chi connectivity index (χ0v) is 9.42. The molecule has 86 valence electrons. The number of esters is 1. The Morgan fingerprint density at radius 3 is 2.94 bits per heavy atom. The molecule has 1 aromatic carbocycles. The molecule has 0 heterocycles. The van der Waals surface area contributed by atoms with E-state index >= 15 is 0 Å². The second-order valence-corrected chi connectivity index (χ2v) is 3.38. The van der Waals surface area contributed by atoms with E-state index in [-0.39, 0.29) is 17.3 Å². The number of carbonyl (C=O) groups excluding carboxylic acids is 1. The van der Waals surface area contributed by atoms with Crippen LogP contribution in [-0.4, -0.2) is 12.6 Å². The van der Waals surface area contributed by atoms with Crippen molar-refractivity contribution in [2.75, 3.05) is 12.3 Å². The lowest BCUT2D eigenvalue weighted by Gasteiger charge is -2.03. The first kappa shape index (κ1) is 12.5. The van der Waals surface area contributed by atoms with Gasteiger partial charge in [-0.2, -0.15) is 0 Å². The third kappa shape index (κ3) is 3.24. The molecule has 0 saturated carbocycles. The van der Waals surface area contributed by atoms with Crippen LogP contribution in [0.1, 0.15) is 12.5 Å². The van der Waals surface area contributed by atoms with Crippen LogP contribution in [0, 0.1) is 5.82 Å². The number of benzene rings is 1. The fourth-order valence-corrected chi connectivity index (χ4v) is 1.30. The molecular weight excluding hydrogens is 233 g/mol. The van der Waals surface area contributed by atoms with Crippen LogP contribution < -0.4 is 5.73 Å². The lowest BCUT2D eigenvalue weighted by Crippen LogP contribution is -1.99. The number of ether oxygens (including phenoxy) is 1. The lowest BCUT2D eigenvalue weighted by atomic mass is 10.1. The van der Waals surface area contributed by atoms with Gasteiger partial charge in [0.05, 0.1) is 17.3 Å². The van der Waals surface area contributed by atoms with Gasteiger partial charge >= 0.3 is 5.97 Å². The molecule has 3 nitrogen and oxygen atoms in total. The first-order valence-electron chi connectivity index (χ1n) is 4.64. The highest BCUT2D eigenvalue weighted by atomic mass is 35.5. The van der Waals surface area contributed by atoms with Crippen molar-refractivity contribution in [1.29, 1.82) is 0 Å². The summed E-state index contributed by atoms with van der Waals surface area (Å²) in [7, 11) is 0. The predicted molar refractivity (Wildman–Crippen MR) is 61.5 cm³/mol. The molecule has 0 spiro atoms. The summed E-state index contributed by atoms with van der Waals surface area (Å²) in [6, 6.07) is 2.30. The molecule has 0 aliphatic heterocycles. The minimum Gasteiger partial charge on any atom is -0.463 e. The van der Waals surface area contributed by atoms with Crippen molar-refractivity contribution in [3.05, 3.63) is 34.6 Å². The van der Waals surface area contributed by atoms with Gasteiger partial charge in [-0.3, -0.25) is 0 Å². The summed E-state index contributed by atoms with van der Waals surface area (Å²) in [5.41, 5.74) is 6.18. The van der Waals surface area contributed by atoms with Gasteiger partial charge in [-0.1, -0.05) is 11.6 Å². The summed E-state index contributed by atoms with van der Waals surface area (Å²) < 4.78 is 17.7. The zero-order valence-electron chi connectivity index (χ0n) is 8.67. The normalized spacial score (nSPS) is 10.7. The molecule has 5 heteroatoms. The summed E-state index contributed by atoms with van der Waals surface area (Å²) in [4.78, 5) is 11.0. The van der Waals surface area contributed by atoms with Gasteiger partial charge in [0.1, 0.15) is 5.82 Å². The lowest BCUT2D eigenvalue weighted by molar-refractivity contribution is -0.137. The summed E-state index contributed by atoms with van der Waals surface area (Å²) in [5, 5.41) is 0.114. The Kier molecular flexibility index (Phi) is 4.31. The maximum atomic E-state index is 13.0. The van der Waals surface area contributed by atoms with Crippen molar-refractivity contribution >= 4 is 29.3 Å². The van der Waals surface area contributed by atoms with Gasteiger partial charge in [0.2, 0.25) is 0 Å². The third-order valence-electron chi connectivity index (χ3n) is 1.81. The van der Waals surface area contributed by atoms with Crippen molar-refractivity contribution in [2.45, 2.75) is 6.92 Å². The molecule has 0 aromatic heterocycles. The summed E-state index contributed by atoms with van der Waals surface area (Å²) in [6.07, 6.45) is 2.53. The summed E-state index contributed by atoms with van der Waals surface area (Å²) in [5.74, 6) is -1.02. The number of nitrogen functional groups attached to an aromatic ring is 1. The zero-order chi connectivity index (χ0) is 12.1. The molecule has 16 heavy (non-hydrogen) atoms. The van der Waals surface area contributed by atoms with Gasteiger partial charge in [0.15, 0.2) is 0 Å². The minimum absolute atomic E-state index is 0.114. The number of nitrogens with two attached hydrogens (primary N) is 1. The van der Waals surface area contributed by atoms with Gasteiger partial charge in [0, 0.05) is 11.6 Å². The molecule has 2 N–H and O–H groups in total. The highest BCUT2D eigenvalue weighted by molar-refractivity contribution is 6.33. The number of rotatable bonds is 3. The van der Waals surface area contributed by atoms with E-state index in [9.17, 15) is 9.18 Å². The Morgan fingerprint density at radius 2 is 2.31 bits per heavy atom. The largest absolute Gasteiger partial charge is 0.463 e. The van der Waals surface area contributed by atoms with Gasteiger partial charge in [-0.15, -0.1) is 0 Å². The molecule has 0 fully saturated rings. The quantitative estimate of drug-likeness (QED) is 0.504. The Morgan fingerprint density at radius 1 is 1.62 bits per heavy atom. The van der Waals surface area contributed by atoms with Crippen molar-refractivity contribution in [3.8, 4) is 0 Å². The van der Waals surface area contributed by atoms with E-state index < -0.39 is 11.8 Å². The Hall–Kier alpha value is -1.55. The summed E-state index contributed by atoms with van der Waals surface area (Å²) >= 11 is 5.68. The van der Waals surface area contributed by atoms with Gasteiger partial charge in [-0.25, -0.2) is 9.18 Å². The monoisotopic (exact) mass is 243 g/mol. The van der Waals surface area contributed by atoms with Crippen molar-refractivity contribution in [2.24, 2.45) is 0 Å². The van der Waals surface area contributed by atoms with E-state index in [0.29, 0.717) is 5.56 Å². The Balaban J connectivity index is 2.93. The molecule has 1 rings (SSSR count). The van der Waals surface area contributed by atoms with Gasteiger partial charge in [-0.05, 0) is 25.1 Å². The first-order chi connectivity index (χ1) is 7.54. The number of anilines is 1. The standard InChI is InChI=1S/C11H11ClFNO2/c1-2-16-10(15)4-3-7-5-8(13)6-9(12)11(7)14/h3-6H,2,14H2,1H3. The highest BCUT2D eigenvalue weighted by Gasteiger charge is 2.04. The summed E-state index contributed by atoms with van der Waals surface area (Å²) in [6.45, 7) is 1.97. The molecule has 0 radical (unpaired) electrons. The fourth-order valence-electron chi connectivity index (χ4n) is 1.09. The molecule has 0 atom stereocenters.